The highest BCUT2D eigenvalue weighted by Crippen LogP contribution is 2.29. The molecule has 0 spiro atoms. The second kappa shape index (κ2) is 6.20. The average molecular weight is 334 g/mol. The molecular formula is C21H22N2O2. The maximum Gasteiger partial charge on any atom is 0.258 e. The van der Waals surface area contributed by atoms with Gasteiger partial charge in [0.25, 0.3) is 5.56 Å². The molecule has 4 nitrogen and oxygen atoms in total. The van der Waals surface area contributed by atoms with Crippen LogP contribution in [-0.4, -0.2) is 10.5 Å². The average Bonchev–Trinajstić information content (AvgIpc) is 2.58. The van der Waals surface area contributed by atoms with Gasteiger partial charge in [-0.05, 0) is 23.6 Å². The van der Waals surface area contributed by atoms with Crippen LogP contribution in [0.4, 0.5) is 5.69 Å². The number of nitrogens with zero attached hydrogens (tertiary/aromatic N) is 1. The van der Waals surface area contributed by atoms with Gasteiger partial charge in [-0.3, -0.25) is 9.59 Å². The lowest BCUT2D eigenvalue weighted by Crippen LogP contribution is -2.28. The highest BCUT2D eigenvalue weighted by atomic mass is 16.2. The fourth-order valence-corrected chi connectivity index (χ4v) is 2.75. The zero-order valence-electron chi connectivity index (χ0n) is 15.0. The molecule has 0 unspecified atom stereocenters. The number of carbonyl (C=O) groups is 1. The molecule has 0 aliphatic heterocycles. The smallest absolute Gasteiger partial charge is 0.258 e. The number of carbonyl (C=O) groups excluding carboxylic acids is 1. The predicted octanol–water partition coefficient (Wildman–Crippen LogP) is 4.19. The molecule has 3 rings (SSSR count). The van der Waals surface area contributed by atoms with Crippen LogP contribution in [0.15, 0.2) is 59.4 Å². The summed E-state index contributed by atoms with van der Waals surface area (Å²) in [7, 11) is 1.77. The third kappa shape index (κ3) is 3.20. The van der Waals surface area contributed by atoms with E-state index < -0.39 is 5.41 Å². The molecule has 3 aromatic rings. The Morgan fingerprint density at radius 1 is 0.960 bits per heavy atom. The zero-order valence-corrected chi connectivity index (χ0v) is 15.0. The number of nitrogens with one attached hydrogen (secondary N) is 1. The van der Waals surface area contributed by atoms with Gasteiger partial charge in [0.1, 0.15) is 0 Å². The Labute approximate surface area is 147 Å². The molecule has 0 atom stereocenters. The van der Waals surface area contributed by atoms with E-state index in [0.717, 1.165) is 16.5 Å². The number of aryl methyl sites for hydroxylation is 1. The molecule has 0 bridgehead atoms. The second-order valence-corrected chi connectivity index (χ2v) is 7.23. The van der Waals surface area contributed by atoms with Crippen molar-refractivity contribution >= 4 is 22.5 Å². The number of hydrogen-bond donors (Lipinski definition) is 1. The van der Waals surface area contributed by atoms with Gasteiger partial charge in [0, 0.05) is 29.3 Å². The molecule has 1 amide bonds. The topological polar surface area (TPSA) is 51.1 Å². The minimum atomic E-state index is -0.512. The van der Waals surface area contributed by atoms with Gasteiger partial charge in [-0.15, -0.1) is 0 Å². The summed E-state index contributed by atoms with van der Waals surface area (Å²) in [6.45, 7) is 5.58. The van der Waals surface area contributed by atoms with Crippen LogP contribution in [-0.2, 0) is 11.8 Å². The molecule has 2 aromatic carbocycles. The molecule has 0 saturated heterocycles. The van der Waals surface area contributed by atoms with Crippen molar-refractivity contribution in [1.29, 1.82) is 0 Å². The number of aromatic nitrogens is 1. The molecule has 1 heterocycles. The van der Waals surface area contributed by atoms with Gasteiger partial charge >= 0.3 is 0 Å². The Bertz CT molecular complexity index is 1010. The second-order valence-electron chi connectivity index (χ2n) is 7.23. The summed E-state index contributed by atoms with van der Waals surface area (Å²) in [6, 6.07) is 17.1. The summed E-state index contributed by atoms with van der Waals surface area (Å²) in [5.41, 5.74) is 2.23. The maximum absolute atomic E-state index is 12.9. The lowest BCUT2D eigenvalue weighted by Gasteiger charge is -2.19. The van der Waals surface area contributed by atoms with Crippen molar-refractivity contribution in [3.05, 3.63) is 65.0 Å². The number of amides is 1. The van der Waals surface area contributed by atoms with Gasteiger partial charge in [0.05, 0.1) is 5.52 Å². The van der Waals surface area contributed by atoms with E-state index in [4.69, 9.17) is 0 Å². The fraction of sp³-hybridized carbons (Fsp3) is 0.238. The lowest BCUT2D eigenvalue weighted by molar-refractivity contribution is -0.123. The highest BCUT2D eigenvalue weighted by molar-refractivity contribution is 5.98. The molecular weight excluding hydrogens is 312 g/mol. The SMILES string of the molecule is Cn1c(=O)c(-c2ccccc2NC(=O)C(C)(C)C)cc2ccccc21. The first kappa shape index (κ1) is 17.0. The molecule has 1 N–H and O–H groups in total. The normalized spacial score (nSPS) is 11.5. The Balaban J connectivity index is 2.18. The third-order valence-corrected chi connectivity index (χ3v) is 4.28. The van der Waals surface area contributed by atoms with Crippen molar-refractivity contribution in [1.82, 2.24) is 4.57 Å². The van der Waals surface area contributed by atoms with Crippen LogP contribution < -0.4 is 10.9 Å². The summed E-state index contributed by atoms with van der Waals surface area (Å²) in [5.74, 6) is -0.0856. The van der Waals surface area contributed by atoms with Crippen molar-refractivity contribution in [2.45, 2.75) is 20.8 Å². The first-order chi connectivity index (χ1) is 11.8. The van der Waals surface area contributed by atoms with Gasteiger partial charge in [-0.25, -0.2) is 0 Å². The van der Waals surface area contributed by atoms with Gasteiger partial charge < -0.3 is 9.88 Å². The number of anilines is 1. The Morgan fingerprint density at radius 3 is 2.32 bits per heavy atom. The molecule has 0 fully saturated rings. The third-order valence-electron chi connectivity index (χ3n) is 4.28. The number of hydrogen-bond acceptors (Lipinski definition) is 2. The molecule has 0 aliphatic rings. The molecule has 0 radical (unpaired) electrons. The van der Waals surface area contributed by atoms with Crippen LogP contribution in [0.5, 0.6) is 0 Å². The summed E-state index contributed by atoms with van der Waals surface area (Å²) in [6.07, 6.45) is 0. The van der Waals surface area contributed by atoms with E-state index in [2.05, 4.69) is 5.32 Å². The first-order valence-electron chi connectivity index (χ1n) is 8.28. The van der Waals surface area contributed by atoms with Crippen LogP contribution in [0.2, 0.25) is 0 Å². The molecule has 128 valence electrons. The van der Waals surface area contributed by atoms with E-state index in [0.29, 0.717) is 11.3 Å². The van der Waals surface area contributed by atoms with Crippen LogP contribution in [0.25, 0.3) is 22.0 Å². The molecule has 4 heteroatoms. The summed E-state index contributed by atoms with van der Waals surface area (Å²) >= 11 is 0. The first-order valence-corrected chi connectivity index (χ1v) is 8.28. The standard InChI is InChI=1S/C21H22N2O2/c1-21(2,3)20(25)22-17-11-7-6-10-15(17)16-13-14-9-5-8-12-18(14)23(4)19(16)24/h5-13H,1-4H3,(H,22,25). The van der Waals surface area contributed by atoms with E-state index in [9.17, 15) is 9.59 Å². The van der Waals surface area contributed by atoms with E-state index in [-0.39, 0.29) is 11.5 Å². The molecule has 25 heavy (non-hydrogen) atoms. The van der Waals surface area contributed by atoms with Crippen LogP contribution in [0, 0.1) is 5.41 Å². The molecule has 0 saturated carbocycles. The van der Waals surface area contributed by atoms with Gasteiger partial charge in [-0.2, -0.15) is 0 Å². The van der Waals surface area contributed by atoms with Crippen LogP contribution in [0.3, 0.4) is 0 Å². The van der Waals surface area contributed by atoms with Crippen LogP contribution >= 0.6 is 0 Å². The fourth-order valence-electron chi connectivity index (χ4n) is 2.75. The van der Waals surface area contributed by atoms with Crippen molar-refractivity contribution < 1.29 is 4.79 Å². The number of benzene rings is 2. The maximum atomic E-state index is 12.9. The van der Waals surface area contributed by atoms with Gasteiger partial charge in [-0.1, -0.05) is 57.2 Å². The minimum Gasteiger partial charge on any atom is -0.325 e. The van der Waals surface area contributed by atoms with Crippen molar-refractivity contribution in [2.24, 2.45) is 12.5 Å². The van der Waals surface area contributed by atoms with E-state index in [1.165, 1.54) is 0 Å². The zero-order chi connectivity index (χ0) is 18.2. The number of fused-ring (bicyclic) bond motifs is 1. The van der Waals surface area contributed by atoms with Crippen molar-refractivity contribution in [3.8, 4) is 11.1 Å². The Kier molecular flexibility index (Phi) is 4.21. The van der Waals surface area contributed by atoms with Crippen LogP contribution in [0.1, 0.15) is 20.8 Å². The number of pyridine rings is 1. The Hall–Kier alpha value is -2.88. The van der Waals surface area contributed by atoms with E-state index in [1.807, 2.05) is 75.4 Å². The van der Waals surface area contributed by atoms with E-state index in [1.54, 1.807) is 11.6 Å². The number of rotatable bonds is 2. The minimum absolute atomic E-state index is 0.0856. The lowest BCUT2D eigenvalue weighted by atomic mass is 9.95. The van der Waals surface area contributed by atoms with E-state index >= 15 is 0 Å². The summed E-state index contributed by atoms with van der Waals surface area (Å²) in [5, 5.41) is 3.94. The monoisotopic (exact) mass is 334 g/mol. The van der Waals surface area contributed by atoms with Gasteiger partial charge in [0.2, 0.25) is 5.91 Å². The largest absolute Gasteiger partial charge is 0.325 e. The highest BCUT2D eigenvalue weighted by Gasteiger charge is 2.22. The Morgan fingerprint density at radius 2 is 1.60 bits per heavy atom. The quantitative estimate of drug-likeness (QED) is 0.764. The molecule has 0 aliphatic carbocycles. The number of para-hydroxylation sites is 2. The van der Waals surface area contributed by atoms with Gasteiger partial charge in [0.15, 0.2) is 0 Å². The molecule has 1 aromatic heterocycles. The van der Waals surface area contributed by atoms with Crippen molar-refractivity contribution in [2.75, 3.05) is 5.32 Å². The predicted molar refractivity (Wildman–Crippen MR) is 103 cm³/mol. The van der Waals surface area contributed by atoms with Crippen molar-refractivity contribution in [3.63, 3.8) is 0 Å². The summed E-state index contributed by atoms with van der Waals surface area (Å²) < 4.78 is 1.65. The summed E-state index contributed by atoms with van der Waals surface area (Å²) in [4.78, 5) is 25.3.